The number of ether oxygens (including phenoxy) is 1. The molecule has 146 valence electrons. The number of hydrogen-bond donors (Lipinski definition) is 3. The topological polar surface area (TPSA) is 79.0 Å². The van der Waals surface area contributed by atoms with E-state index in [1.165, 1.54) is 5.56 Å². The lowest BCUT2D eigenvalue weighted by atomic mass is 10.1. The molecule has 0 saturated heterocycles. The minimum absolute atomic E-state index is 0.287. The zero-order valence-electron chi connectivity index (χ0n) is 16.1. The number of H-pyrrole nitrogens is 1. The van der Waals surface area contributed by atoms with Gasteiger partial charge in [-0.15, -0.1) is 0 Å². The summed E-state index contributed by atoms with van der Waals surface area (Å²) in [5, 5.41) is 5.64. The Morgan fingerprint density at radius 2 is 1.55 bits per heavy atom. The van der Waals surface area contributed by atoms with Crippen LogP contribution in [0.2, 0.25) is 0 Å². The molecule has 1 heterocycles. The van der Waals surface area contributed by atoms with Crippen LogP contribution in [-0.2, 0) is 12.8 Å². The van der Waals surface area contributed by atoms with E-state index in [4.69, 9.17) is 4.74 Å². The van der Waals surface area contributed by atoms with Crippen LogP contribution in [0.15, 0.2) is 72.8 Å². The van der Waals surface area contributed by atoms with Gasteiger partial charge in [-0.1, -0.05) is 24.3 Å². The Kier molecular flexibility index (Phi) is 5.42. The van der Waals surface area contributed by atoms with Gasteiger partial charge in [0.15, 0.2) is 0 Å². The molecule has 4 aromatic rings. The van der Waals surface area contributed by atoms with Crippen molar-refractivity contribution in [1.29, 1.82) is 0 Å². The average molecular weight is 386 g/mol. The van der Waals surface area contributed by atoms with Crippen molar-refractivity contribution < 1.29 is 9.53 Å². The highest BCUT2D eigenvalue weighted by Crippen LogP contribution is 2.17. The molecule has 29 heavy (non-hydrogen) atoms. The lowest BCUT2D eigenvalue weighted by Crippen LogP contribution is -2.19. The van der Waals surface area contributed by atoms with Crippen LogP contribution < -0.4 is 15.4 Å². The third-order valence-corrected chi connectivity index (χ3v) is 4.65. The highest BCUT2D eigenvalue weighted by Gasteiger charge is 2.05. The number of fused-ring (bicyclic) bond motifs is 1. The van der Waals surface area contributed by atoms with E-state index in [0.717, 1.165) is 41.1 Å². The quantitative estimate of drug-likeness (QED) is 0.436. The van der Waals surface area contributed by atoms with E-state index in [9.17, 15) is 4.79 Å². The van der Waals surface area contributed by atoms with Gasteiger partial charge in [-0.2, -0.15) is 0 Å². The van der Waals surface area contributed by atoms with E-state index >= 15 is 0 Å². The number of aromatic nitrogens is 2. The molecule has 0 aliphatic rings. The van der Waals surface area contributed by atoms with E-state index in [1.54, 1.807) is 31.4 Å². The van der Waals surface area contributed by atoms with Gasteiger partial charge in [-0.25, -0.2) is 9.78 Å². The number of carbonyl (C=O) groups is 1. The largest absolute Gasteiger partial charge is 0.497 e. The number of aryl methyl sites for hydroxylation is 2. The Labute approximate surface area is 168 Å². The van der Waals surface area contributed by atoms with Gasteiger partial charge >= 0.3 is 6.03 Å². The van der Waals surface area contributed by atoms with Crippen molar-refractivity contribution in [2.45, 2.75) is 12.8 Å². The molecule has 4 rings (SSSR count). The first kappa shape index (κ1) is 18.6. The number of imidazole rings is 1. The smallest absolute Gasteiger partial charge is 0.323 e. The van der Waals surface area contributed by atoms with Gasteiger partial charge in [0.05, 0.1) is 18.1 Å². The molecular weight excluding hydrogens is 364 g/mol. The Hall–Kier alpha value is -3.80. The number of nitrogens with zero attached hydrogens (tertiary/aromatic N) is 1. The predicted octanol–water partition coefficient (Wildman–Crippen LogP) is 5.00. The Balaban J connectivity index is 1.30. The summed E-state index contributed by atoms with van der Waals surface area (Å²) in [6.45, 7) is 0. The molecule has 3 N–H and O–H groups in total. The minimum Gasteiger partial charge on any atom is -0.497 e. The number of methoxy groups -OCH3 is 1. The fourth-order valence-electron chi connectivity index (χ4n) is 3.11. The monoisotopic (exact) mass is 386 g/mol. The summed E-state index contributed by atoms with van der Waals surface area (Å²) in [5.74, 6) is 1.72. The summed E-state index contributed by atoms with van der Waals surface area (Å²) >= 11 is 0. The highest BCUT2D eigenvalue weighted by atomic mass is 16.5. The summed E-state index contributed by atoms with van der Waals surface area (Å²) in [5.41, 5.74) is 4.68. The maximum Gasteiger partial charge on any atom is 0.323 e. The Morgan fingerprint density at radius 1 is 0.897 bits per heavy atom. The molecule has 0 fully saturated rings. The zero-order chi connectivity index (χ0) is 20.1. The van der Waals surface area contributed by atoms with Crippen molar-refractivity contribution in [3.8, 4) is 5.75 Å². The molecular formula is C23H22N4O2. The van der Waals surface area contributed by atoms with E-state index in [0.29, 0.717) is 5.69 Å². The number of anilines is 2. The van der Waals surface area contributed by atoms with Crippen LogP contribution in [0.4, 0.5) is 16.2 Å². The second-order valence-electron chi connectivity index (χ2n) is 6.71. The molecule has 0 radical (unpaired) electrons. The van der Waals surface area contributed by atoms with Crippen LogP contribution in [0.25, 0.3) is 11.0 Å². The first-order valence-corrected chi connectivity index (χ1v) is 9.44. The molecule has 0 spiro atoms. The fraction of sp³-hybridized carbons (Fsp3) is 0.130. The van der Waals surface area contributed by atoms with Crippen molar-refractivity contribution in [2.24, 2.45) is 0 Å². The first-order chi connectivity index (χ1) is 14.2. The molecule has 0 bridgehead atoms. The van der Waals surface area contributed by atoms with Crippen LogP contribution in [0.1, 0.15) is 11.4 Å². The van der Waals surface area contributed by atoms with Crippen LogP contribution in [0, 0.1) is 0 Å². The van der Waals surface area contributed by atoms with Gasteiger partial charge in [0.1, 0.15) is 11.6 Å². The molecule has 2 amide bonds. The average Bonchev–Trinajstić information content (AvgIpc) is 3.17. The Morgan fingerprint density at radius 3 is 2.21 bits per heavy atom. The molecule has 6 nitrogen and oxygen atoms in total. The number of amides is 2. The molecule has 6 heteroatoms. The van der Waals surface area contributed by atoms with Crippen LogP contribution in [0.5, 0.6) is 5.75 Å². The summed E-state index contributed by atoms with van der Waals surface area (Å²) in [6.07, 6.45) is 1.71. The van der Waals surface area contributed by atoms with Gasteiger partial charge in [-0.3, -0.25) is 0 Å². The second kappa shape index (κ2) is 8.48. The standard InChI is InChI=1S/C23H22N4O2/c1-29-19-13-11-18(12-14-19)25-23(28)24-17-9-6-16(7-10-17)8-15-22-26-20-4-2-3-5-21(20)27-22/h2-7,9-14H,8,15H2,1H3,(H,26,27)(H2,24,25,28). The number of benzene rings is 3. The lowest BCUT2D eigenvalue weighted by Gasteiger charge is -2.09. The van der Waals surface area contributed by atoms with Gasteiger partial charge in [-0.05, 0) is 60.5 Å². The number of rotatable bonds is 6. The molecule has 0 atom stereocenters. The normalized spacial score (nSPS) is 10.7. The van der Waals surface area contributed by atoms with Crippen LogP contribution in [0.3, 0.4) is 0 Å². The molecule has 0 saturated carbocycles. The Bertz CT molecular complexity index is 1070. The number of urea groups is 1. The third kappa shape index (κ3) is 4.73. The maximum atomic E-state index is 12.2. The van der Waals surface area contributed by atoms with E-state index in [2.05, 4.69) is 20.6 Å². The summed E-state index contributed by atoms with van der Waals surface area (Å²) < 4.78 is 5.11. The molecule has 1 aromatic heterocycles. The van der Waals surface area contributed by atoms with Crippen molar-refractivity contribution in [2.75, 3.05) is 17.7 Å². The minimum atomic E-state index is -0.287. The lowest BCUT2D eigenvalue weighted by molar-refractivity contribution is 0.262. The molecule has 0 unspecified atom stereocenters. The van der Waals surface area contributed by atoms with Gasteiger partial charge in [0, 0.05) is 17.8 Å². The van der Waals surface area contributed by atoms with Crippen molar-refractivity contribution in [1.82, 2.24) is 9.97 Å². The number of nitrogens with one attached hydrogen (secondary N) is 3. The number of para-hydroxylation sites is 2. The zero-order valence-corrected chi connectivity index (χ0v) is 16.1. The third-order valence-electron chi connectivity index (χ3n) is 4.65. The number of hydrogen-bond acceptors (Lipinski definition) is 3. The fourth-order valence-corrected chi connectivity index (χ4v) is 3.11. The van der Waals surface area contributed by atoms with Crippen molar-refractivity contribution >= 4 is 28.4 Å². The molecule has 0 aliphatic carbocycles. The van der Waals surface area contributed by atoms with Crippen LogP contribution in [-0.4, -0.2) is 23.1 Å². The highest BCUT2D eigenvalue weighted by molar-refractivity contribution is 5.99. The molecule has 3 aromatic carbocycles. The second-order valence-corrected chi connectivity index (χ2v) is 6.71. The van der Waals surface area contributed by atoms with E-state index in [-0.39, 0.29) is 6.03 Å². The number of carbonyl (C=O) groups excluding carboxylic acids is 1. The van der Waals surface area contributed by atoms with Crippen molar-refractivity contribution in [3.63, 3.8) is 0 Å². The SMILES string of the molecule is COc1ccc(NC(=O)Nc2ccc(CCc3nc4ccccc4[nH]3)cc2)cc1. The van der Waals surface area contributed by atoms with E-state index < -0.39 is 0 Å². The predicted molar refractivity (Wildman–Crippen MR) is 116 cm³/mol. The first-order valence-electron chi connectivity index (χ1n) is 9.44. The van der Waals surface area contributed by atoms with Gasteiger partial charge < -0.3 is 20.4 Å². The van der Waals surface area contributed by atoms with Gasteiger partial charge in [0.2, 0.25) is 0 Å². The summed E-state index contributed by atoms with van der Waals surface area (Å²) in [7, 11) is 1.61. The van der Waals surface area contributed by atoms with Crippen LogP contribution >= 0.6 is 0 Å². The number of aromatic amines is 1. The van der Waals surface area contributed by atoms with Gasteiger partial charge in [0.25, 0.3) is 0 Å². The van der Waals surface area contributed by atoms with Crippen molar-refractivity contribution in [3.05, 3.63) is 84.2 Å². The summed E-state index contributed by atoms with van der Waals surface area (Å²) in [4.78, 5) is 20.1. The van der Waals surface area contributed by atoms with E-state index in [1.807, 2.05) is 48.5 Å². The maximum absolute atomic E-state index is 12.2. The molecule has 0 aliphatic heterocycles. The summed E-state index contributed by atoms with van der Waals surface area (Å²) in [6, 6.07) is 22.8.